The number of thiocarbonyl (C=S) groups is 1. The van der Waals surface area contributed by atoms with Crippen molar-refractivity contribution in [1.29, 1.82) is 0 Å². The van der Waals surface area contributed by atoms with E-state index in [9.17, 15) is 14.9 Å². The summed E-state index contributed by atoms with van der Waals surface area (Å²) in [5.41, 5.74) is 0.113. The number of carbonyl (C=O) groups excluding carboxylic acids is 1. The third kappa shape index (κ3) is 5.86. The van der Waals surface area contributed by atoms with Crippen molar-refractivity contribution in [2.45, 2.75) is 24.7 Å². The predicted octanol–water partition coefficient (Wildman–Crippen LogP) is 3.54. The molecule has 9 heteroatoms. The normalized spacial score (nSPS) is 9.91. The minimum atomic E-state index is -0.744. The Morgan fingerprint density at radius 3 is 2.82 bits per heavy atom. The summed E-state index contributed by atoms with van der Waals surface area (Å²) in [6.07, 6.45) is 1.38. The molecule has 0 aromatic heterocycles. The second-order valence-electron chi connectivity index (χ2n) is 4.21. The van der Waals surface area contributed by atoms with Crippen molar-refractivity contribution in [3.05, 3.63) is 28.3 Å². The van der Waals surface area contributed by atoms with Crippen LogP contribution in [0.2, 0.25) is 0 Å². The lowest BCUT2D eigenvalue weighted by Gasteiger charge is -2.10. The molecule has 0 fully saturated rings. The van der Waals surface area contributed by atoms with Crippen LogP contribution in [0.25, 0.3) is 0 Å². The first kappa shape index (κ1) is 18.2. The lowest BCUT2D eigenvalue weighted by atomic mass is 10.2. The molecule has 7 nitrogen and oxygen atoms in total. The van der Waals surface area contributed by atoms with E-state index in [2.05, 4.69) is 22.3 Å². The van der Waals surface area contributed by atoms with Crippen molar-refractivity contribution in [3.8, 4) is 0 Å². The Bertz CT molecular complexity index is 566. The van der Waals surface area contributed by atoms with E-state index in [1.54, 1.807) is 23.9 Å². The molecule has 0 unspecified atom stereocenters. The average Bonchev–Trinajstić information content (AvgIpc) is 2.48. The highest BCUT2D eigenvalue weighted by Gasteiger charge is 2.16. The van der Waals surface area contributed by atoms with E-state index >= 15 is 0 Å². The summed E-state index contributed by atoms with van der Waals surface area (Å²) in [6.45, 7) is 2.09. The molecule has 0 aliphatic heterocycles. The van der Waals surface area contributed by atoms with E-state index in [1.807, 2.05) is 0 Å². The van der Waals surface area contributed by atoms with Gasteiger partial charge in [0.2, 0.25) is 0 Å². The molecule has 0 atom stereocenters. The van der Waals surface area contributed by atoms with E-state index in [0.717, 1.165) is 23.5 Å². The molecular weight excluding hydrogens is 326 g/mol. The van der Waals surface area contributed by atoms with Crippen molar-refractivity contribution in [3.63, 3.8) is 0 Å². The molecule has 0 aliphatic carbocycles. The zero-order valence-corrected chi connectivity index (χ0v) is 13.9. The number of nitro benzene ring substituents is 1. The van der Waals surface area contributed by atoms with Crippen LogP contribution in [0.4, 0.5) is 16.2 Å². The molecule has 0 saturated heterocycles. The maximum absolute atomic E-state index is 11.2. The third-order valence-electron chi connectivity index (χ3n) is 2.58. The first-order valence-corrected chi connectivity index (χ1v) is 7.94. The number of benzene rings is 1. The van der Waals surface area contributed by atoms with Gasteiger partial charge in [0.05, 0.1) is 12.0 Å². The second-order valence-corrected chi connectivity index (χ2v) is 5.79. The summed E-state index contributed by atoms with van der Waals surface area (Å²) < 4.78 is 4.40. The lowest BCUT2D eigenvalue weighted by Crippen LogP contribution is -2.34. The highest BCUT2D eigenvalue weighted by Crippen LogP contribution is 2.30. The molecule has 0 heterocycles. The molecular formula is C13H17N3O4S2. The fourth-order valence-corrected chi connectivity index (χ4v) is 2.71. The van der Waals surface area contributed by atoms with Gasteiger partial charge in [-0.3, -0.25) is 15.4 Å². The van der Waals surface area contributed by atoms with Crippen molar-refractivity contribution >= 4 is 46.6 Å². The summed E-state index contributed by atoms with van der Waals surface area (Å²) in [5, 5.41) is 15.9. The Labute approximate surface area is 137 Å². The molecule has 0 bridgehead atoms. The Morgan fingerprint density at radius 1 is 1.50 bits per heavy atom. The van der Waals surface area contributed by atoms with Gasteiger partial charge in [0.25, 0.3) is 5.69 Å². The molecule has 0 spiro atoms. The van der Waals surface area contributed by atoms with Gasteiger partial charge >= 0.3 is 6.09 Å². The van der Waals surface area contributed by atoms with Crippen molar-refractivity contribution < 1.29 is 14.5 Å². The monoisotopic (exact) mass is 343 g/mol. The van der Waals surface area contributed by atoms with Crippen molar-refractivity contribution in [2.24, 2.45) is 0 Å². The van der Waals surface area contributed by atoms with Crippen LogP contribution in [-0.4, -0.2) is 29.0 Å². The van der Waals surface area contributed by atoms with Gasteiger partial charge in [-0.05, 0) is 36.5 Å². The maximum Gasteiger partial charge on any atom is 0.413 e. The Hall–Kier alpha value is -1.87. The van der Waals surface area contributed by atoms with Crippen LogP contribution >= 0.6 is 24.0 Å². The molecule has 1 aromatic rings. The molecule has 0 saturated carbocycles. The second kappa shape index (κ2) is 9.21. The first-order valence-electron chi connectivity index (χ1n) is 6.55. The number of nitrogens with zero attached hydrogens (tertiary/aromatic N) is 1. The van der Waals surface area contributed by atoms with Gasteiger partial charge in [-0.25, -0.2) is 4.79 Å². The number of alkyl carbamates (subject to hydrolysis) is 1. The summed E-state index contributed by atoms with van der Waals surface area (Å²) in [5.74, 6) is 0.905. The first-order chi connectivity index (χ1) is 10.5. The minimum Gasteiger partial charge on any atom is -0.453 e. The van der Waals surface area contributed by atoms with Gasteiger partial charge in [0, 0.05) is 11.0 Å². The number of rotatable bonds is 6. The van der Waals surface area contributed by atoms with Crippen LogP contribution in [0.3, 0.4) is 0 Å². The van der Waals surface area contributed by atoms with Crippen LogP contribution < -0.4 is 10.6 Å². The van der Waals surface area contributed by atoms with E-state index in [1.165, 1.54) is 13.2 Å². The van der Waals surface area contributed by atoms with Crippen LogP contribution in [0.5, 0.6) is 0 Å². The van der Waals surface area contributed by atoms with Crippen LogP contribution in [-0.2, 0) is 4.74 Å². The highest BCUT2D eigenvalue weighted by molar-refractivity contribution is 7.99. The molecule has 120 valence electrons. The number of hydrogen-bond donors (Lipinski definition) is 2. The zero-order valence-electron chi connectivity index (χ0n) is 12.3. The number of methoxy groups -OCH3 is 1. The van der Waals surface area contributed by atoms with Crippen molar-refractivity contribution in [1.82, 2.24) is 5.32 Å². The van der Waals surface area contributed by atoms with E-state index < -0.39 is 11.0 Å². The number of ether oxygens (including phenoxy) is 1. The van der Waals surface area contributed by atoms with Crippen molar-refractivity contribution in [2.75, 3.05) is 18.2 Å². The highest BCUT2D eigenvalue weighted by atomic mass is 32.2. The van der Waals surface area contributed by atoms with Crippen LogP contribution in [0.15, 0.2) is 23.1 Å². The SMILES string of the molecule is CCCCSc1ccc(NC(=S)NC(=O)OC)c([N+](=O)[O-])c1. The summed E-state index contributed by atoms with van der Waals surface area (Å²) in [7, 11) is 1.20. The van der Waals surface area contributed by atoms with Crippen LogP contribution in [0, 0.1) is 10.1 Å². The molecule has 22 heavy (non-hydrogen) atoms. The molecule has 0 aliphatic rings. The topological polar surface area (TPSA) is 93.5 Å². The standard InChI is InChI=1S/C13H17N3O4S2/c1-3-4-7-22-9-5-6-10(11(8-9)16(18)19)14-12(21)15-13(17)20-2/h5-6,8H,3-4,7H2,1-2H3,(H2,14,15,17,21). The number of anilines is 1. The Kier molecular flexibility index (Phi) is 7.61. The molecule has 0 radical (unpaired) electrons. The lowest BCUT2D eigenvalue weighted by molar-refractivity contribution is -0.384. The largest absolute Gasteiger partial charge is 0.453 e. The number of nitrogens with one attached hydrogen (secondary N) is 2. The molecule has 2 N–H and O–H groups in total. The van der Waals surface area contributed by atoms with Gasteiger partial charge in [-0.15, -0.1) is 11.8 Å². The summed E-state index contributed by atoms with van der Waals surface area (Å²) >= 11 is 6.46. The Balaban J connectivity index is 2.83. The molecule has 1 aromatic carbocycles. The predicted molar refractivity (Wildman–Crippen MR) is 90.5 cm³/mol. The zero-order chi connectivity index (χ0) is 16.5. The number of hydrogen-bond acceptors (Lipinski definition) is 6. The molecule has 1 amide bonds. The summed E-state index contributed by atoms with van der Waals surface area (Å²) in [4.78, 5) is 22.5. The van der Waals surface area contributed by atoms with Gasteiger partial charge in [0.1, 0.15) is 5.69 Å². The van der Waals surface area contributed by atoms with Gasteiger partial charge in [0.15, 0.2) is 5.11 Å². The van der Waals surface area contributed by atoms with Gasteiger partial charge in [-0.2, -0.15) is 0 Å². The number of unbranched alkanes of at least 4 members (excludes halogenated alkanes) is 1. The summed E-state index contributed by atoms with van der Waals surface area (Å²) in [6, 6.07) is 4.83. The quantitative estimate of drug-likeness (QED) is 0.268. The fourth-order valence-electron chi connectivity index (χ4n) is 1.49. The smallest absolute Gasteiger partial charge is 0.413 e. The number of amides is 1. The number of thioether (sulfide) groups is 1. The van der Waals surface area contributed by atoms with E-state index in [-0.39, 0.29) is 16.5 Å². The fraction of sp³-hybridized carbons (Fsp3) is 0.385. The Morgan fingerprint density at radius 2 is 2.23 bits per heavy atom. The average molecular weight is 343 g/mol. The van der Waals surface area contributed by atoms with Gasteiger partial charge in [-0.1, -0.05) is 13.3 Å². The van der Waals surface area contributed by atoms with Crippen LogP contribution in [0.1, 0.15) is 19.8 Å². The third-order valence-corrected chi connectivity index (χ3v) is 3.87. The number of nitro groups is 1. The van der Waals surface area contributed by atoms with Gasteiger partial charge < -0.3 is 10.1 Å². The minimum absolute atomic E-state index is 0.0682. The van der Waals surface area contributed by atoms with E-state index in [4.69, 9.17) is 12.2 Å². The maximum atomic E-state index is 11.2. The number of carbonyl (C=O) groups is 1. The van der Waals surface area contributed by atoms with E-state index in [0.29, 0.717) is 0 Å². The molecule has 1 rings (SSSR count).